The predicted octanol–water partition coefficient (Wildman–Crippen LogP) is 2.28. The molecule has 0 bridgehead atoms. The summed E-state index contributed by atoms with van der Waals surface area (Å²) in [5, 5.41) is 9.34. The van der Waals surface area contributed by atoms with Gasteiger partial charge < -0.3 is 9.72 Å². The molecule has 2 aromatic rings. The number of aromatic nitrogens is 3. The molecule has 2 aromatic heterocycles. The number of aromatic amines is 1. The van der Waals surface area contributed by atoms with E-state index < -0.39 is 0 Å². The molecule has 0 aliphatic heterocycles. The van der Waals surface area contributed by atoms with Gasteiger partial charge >= 0.3 is 0 Å². The average Bonchev–Trinajstić information content (AvgIpc) is 2.70. The number of nitrogens with one attached hydrogen (secondary N) is 1. The molecule has 0 aliphatic carbocycles. The van der Waals surface area contributed by atoms with Crippen LogP contribution in [0, 0.1) is 11.3 Å². The lowest BCUT2D eigenvalue weighted by Crippen LogP contribution is -2.07. The van der Waals surface area contributed by atoms with E-state index in [1.165, 1.54) is 12.4 Å². The minimum Gasteiger partial charge on any atom is -0.474 e. The summed E-state index contributed by atoms with van der Waals surface area (Å²) in [4.78, 5) is 11.3. The Morgan fingerprint density at radius 3 is 3.00 bits per heavy atom. The number of H-pyrrole nitrogens is 1. The maximum absolute atomic E-state index is 8.54. The molecule has 0 spiro atoms. The zero-order valence-electron chi connectivity index (χ0n) is 9.64. The molecular formula is C12H12N4O. The molecule has 0 aliphatic rings. The van der Waals surface area contributed by atoms with E-state index in [1.807, 2.05) is 19.9 Å². The second kappa shape index (κ2) is 4.66. The number of rotatable bonds is 3. The van der Waals surface area contributed by atoms with E-state index in [1.54, 1.807) is 12.3 Å². The van der Waals surface area contributed by atoms with Gasteiger partial charge in [-0.2, -0.15) is 5.26 Å². The second-order valence-electron chi connectivity index (χ2n) is 3.78. The van der Waals surface area contributed by atoms with Crippen molar-refractivity contribution in [1.29, 1.82) is 5.26 Å². The third kappa shape index (κ3) is 2.26. The Bertz CT molecular complexity index is 592. The van der Waals surface area contributed by atoms with Crippen molar-refractivity contribution >= 4 is 17.1 Å². The molecule has 0 fully saturated rings. The number of ether oxygens (including phenoxy) is 1. The first-order valence-electron chi connectivity index (χ1n) is 5.27. The maximum Gasteiger partial charge on any atom is 0.226 e. The fourth-order valence-corrected chi connectivity index (χ4v) is 1.53. The lowest BCUT2D eigenvalue weighted by atomic mass is 10.2. The van der Waals surface area contributed by atoms with Crippen molar-refractivity contribution in [3.63, 3.8) is 0 Å². The monoisotopic (exact) mass is 228 g/mol. The van der Waals surface area contributed by atoms with Gasteiger partial charge in [-0.3, -0.25) is 0 Å². The largest absolute Gasteiger partial charge is 0.474 e. The zero-order chi connectivity index (χ0) is 12.3. The van der Waals surface area contributed by atoms with Crippen LogP contribution in [0.5, 0.6) is 5.88 Å². The molecule has 86 valence electrons. The van der Waals surface area contributed by atoms with Crippen LogP contribution >= 0.6 is 0 Å². The first-order valence-corrected chi connectivity index (χ1v) is 5.27. The van der Waals surface area contributed by atoms with Crippen molar-refractivity contribution in [2.75, 3.05) is 0 Å². The lowest BCUT2D eigenvalue weighted by molar-refractivity contribution is 0.235. The van der Waals surface area contributed by atoms with E-state index in [4.69, 9.17) is 10.00 Å². The van der Waals surface area contributed by atoms with Crippen LogP contribution < -0.4 is 4.74 Å². The molecule has 5 heteroatoms. The van der Waals surface area contributed by atoms with Crippen molar-refractivity contribution in [3.05, 3.63) is 24.2 Å². The lowest BCUT2D eigenvalue weighted by Gasteiger charge is -2.09. The van der Waals surface area contributed by atoms with Gasteiger partial charge in [-0.05, 0) is 19.9 Å². The second-order valence-corrected chi connectivity index (χ2v) is 3.78. The van der Waals surface area contributed by atoms with Gasteiger partial charge in [0.05, 0.1) is 17.6 Å². The summed E-state index contributed by atoms with van der Waals surface area (Å²) >= 11 is 0. The fraction of sp³-hybridized carbons (Fsp3) is 0.250. The summed E-state index contributed by atoms with van der Waals surface area (Å²) in [6.07, 6.45) is 6.38. The number of nitriles is 1. The van der Waals surface area contributed by atoms with Crippen LogP contribution in [-0.2, 0) is 0 Å². The standard InChI is InChI=1S/C12H12N4O/c1-8(2)17-12-10-9(4-3-5-13)6-14-11(10)15-7-16-12/h3-4,6-8H,1-2H3,(H,14,15,16). The first-order chi connectivity index (χ1) is 8.22. The van der Waals surface area contributed by atoms with Gasteiger partial charge in [0.15, 0.2) is 0 Å². The molecule has 0 amide bonds. The number of nitrogens with zero attached hydrogens (tertiary/aromatic N) is 3. The highest BCUT2D eigenvalue weighted by Crippen LogP contribution is 2.26. The predicted molar refractivity (Wildman–Crippen MR) is 64.3 cm³/mol. The highest BCUT2D eigenvalue weighted by molar-refractivity contribution is 5.90. The number of hydrogen-bond acceptors (Lipinski definition) is 4. The Kier molecular flexibility index (Phi) is 3.06. The topological polar surface area (TPSA) is 74.6 Å². The summed E-state index contributed by atoms with van der Waals surface area (Å²) < 4.78 is 5.62. The Balaban J connectivity index is 2.56. The first kappa shape index (κ1) is 11.1. The van der Waals surface area contributed by atoms with Crippen molar-refractivity contribution in [2.24, 2.45) is 0 Å². The molecule has 2 rings (SSSR count). The van der Waals surface area contributed by atoms with Crippen LogP contribution in [0.3, 0.4) is 0 Å². The van der Waals surface area contributed by atoms with Gasteiger partial charge in [-0.15, -0.1) is 0 Å². The molecule has 0 saturated heterocycles. The van der Waals surface area contributed by atoms with E-state index in [0.717, 1.165) is 10.9 Å². The molecule has 0 aromatic carbocycles. The Morgan fingerprint density at radius 2 is 2.29 bits per heavy atom. The molecule has 0 atom stereocenters. The summed E-state index contributed by atoms with van der Waals surface area (Å²) in [5.74, 6) is 0.531. The number of fused-ring (bicyclic) bond motifs is 1. The Labute approximate surface area is 98.8 Å². The molecular weight excluding hydrogens is 216 g/mol. The van der Waals surface area contributed by atoms with Gasteiger partial charge in [-0.1, -0.05) is 0 Å². The van der Waals surface area contributed by atoms with Crippen LogP contribution in [0.15, 0.2) is 18.6 Å². The fourth-order valence-electron chi connectivity index (χ4n) is 1.53. The van der Waals surface area contributed by atoms with Gasteiger partial charge in [0.2, 0.25) is 5.88 Å². The molecule has 5 nitrogen and oxygen atoms in total. The van der Waals surface area contributed by atoms with E-state index in [9.17, 15) is 0 Å². The molecule has 0 unspecified atom stereocenters. The third-order valence-corrected chi connectivity index (χ3v) is 2.15. The van der Waals surface area contributed by atoms with E-state index in [0.29, 0.717) is 11.5 Å². The van der Waals surface area contributed by atoms with Crippen molar-refractivity contribution in [3.8, 4) is 11.9 Å². The highest BCUT2D eigenvalue weighted by Gasteiger charge is 2.11. The average molecular weight is 228 g/mol. The molecule has 17 heavy (non-hydrogen) atoms. The molecule has 2 heterocycles. The smallest absolute Gasteiger partial charge is 0.226 e. The van der Waals surface area contributed by atoms with Gasteiger partial charge in [0, 0.05) is 17.8 Å². The maximum atomic E-state index is 8.54. The van der Waals surface area contributed by atoms with Gasteiger partial charge in [0.1, 0.15) is 12.0 Å². The van der Waals surface area contributed by atoms with E-state index in [2.05, 4.69) is 15.0 Å². The quantitative estimate of drug-likeness (QED) is 0.818. The normalized spacial score (nSPS) is 11.2. The van der Waals surface area contributed by atoms with E-state index in [-0.39, 0.29) is 6.10 Å². The van der Waals surface area contributed by atoms with E-state index >= 15 is 0 Å². The van der Waals surface area contributed by atoms with Gasteiger partial charge in [-0.25, -0.2) is 9.97 Å². The van der Waals surface area contributed by atoms with Crippen LogP contribution in [0.25, 0.3) is 17.1 Å². The van der Waals surface area contributed by atoms with Crippen molar-refractivity contribution < 1.29 is 4.74 Å². The van der Waals surface area contributed by atoms with Crippen LogP contribution in [-0.4, -0.2) is 21.1 Å². The minimum atomic E-state index is 0.0378. The molecule has 0 saturated carbocycles. The summed E-state index contributed by atoms with van der Waals surface area (Å²) in [5.41, 5.74) is 1.55. The molecule has 1 N–H and O–H groups in total. The minimum absolute atomic E-state index is 0.0378. The van der Waals surface area contributed by atoms with Crippen molar-refractivity contribution in [2.45, 2.75) is 20.0 Å². The Hall–Kier alpha value is -2.35. The number of allylic oxidation sites excluding steroid dienone is 1. The molecule has 0 radical (unpaired) electrons. The van der Waals surface area contributed by atoms with Crippen LogP contribution in [0.4, 0.5) is 0 Å². The van der Waals surface area contributed by atoms with Crippen LogP contribution in [0.2, 0.25) is 0 Å². The Morgan fingerprint density at radius 1 is 1.47 bits per heavy atom. The van der Waals surface area contributed by atoms with Crippen LogP contribution in [0.1, 0.15) is 19.4 Å². The summed E-state index contributed by atoms with van der Waals surface area (Å²) in [6, 6.07) is 1.95. The number of hydrogen-bond donors (Lipinski definition) is 1. The third-order valence-electron chi connectivity index (χ3n) is 2.15. The zero-order valence-corrected chi connectivity index (χ0v) is 9.64. The van der Waals surface area contributed by atoms with Crippen molar-refractivity contribution in [1.82, 2.24) is 15.0 Å². The SMILES string of the molecule is CC(C)Oc1ncnc2[nH]cc(C=CC#N)c12. The highest BCUT2D eigenvalue weighted by atomic mass is 16.5. The summed E-state index contributed by atoms with van der Waals surface area (Å²) in [6.45, 7) is 3.87. The van der Waals surface area contributed by atoms with Gasteiger partial charge in [0.25, 0.3) is 0 Å². The summed E-state index contributed by atoms with van der Waals surface area (Å²) in [7, 11) is 0.